The van der Waals surface area contributed by atoms with Crippen molar-refractivity contribution in [1.29, 1.82) is 0 Å². The first-order valence-corrected chi connectivity index (χ1v) is 6.01. The molecule has 1 aliphatic rings. The molecule has 0 aliphatic heterocycles. The van der Waals surface area contributed by atoms with Crippen molar-refractivity contribution in [2.24, 2.45) is 0 Å². The lowest BCUT2D eigenvalue weighted by Gasteiger charge is -2.19. The molecule has 0 bridgehead atoms. The first-order valence-electron chi connectivity index (χ1n) is 5.63. The number of Topliss-reactive ketones (excluding diaryl/α,β-unsaturated/α-hetero) is 2. The van der Waals surface area contributed by atoms with Gasteiger partial charge in [-0.2, -0.15) is 8.78 Å². The van der Waals surface area contributed by atoms with Gasteiger partial charge in [0, 0.05) is 5.56 Å². The summed E-state index contributed by atoms with van der Waals surface area (Å²) in [6.07, 6.45) is -3.34. The minimum absolute atomic E-state index is 0.0648. The maximum Gasteiger partial charge on any atom is 0.315 e. The summed E-state index contributed by atoms with van der Waals surface area (Å²) in [4.78, 5) is 35.3. The molecule has 0 atom stereocenters. The van der Waals surface area contributed by atoms with E-state index in [4.69, 9.17) is 16.3 Å². The molecule has 0 fully saturated rings. The van der Waals surface area contributed by atoms with Gasteiger partial charge in [-0.3, -0.25) is 14.4 Å². The van der Waals surface area contributed by atoms with Gasteiger partial charge in [-0.25, -0.2) is 0 Å². The molecule has 8 heteroatoms. The SMILES string of the molecule is COc1cccc2c1C(=O)C(Cl)=C(NC(=O)C(F)F)C2=O. The van der Waals surface area contributed by atoms with Crippen LogP contribution in [0.3, 0.4) is 0 Å². The molecule has 0 heterocycles. The number of ketones is 2. The van der Waals surface area contributed by atoms with Gasteiger partial charge in [0.2, 0.25) is 11.6 Å². The number of allylic oxidation sites excluding steroid dienone is 2. The van der Waals surface area contributed by atoms with E-state index in [1.54, 1.807) is 5.32 Å². The Kier molecular flexibility index (Phi) is 4.04. The fraction of sp³-hybridized carbons (Fsp3) is 0.154. The summed E-state index contributed by atoms with van der Waals surface area (Å²) in [7, 11) is 1.30. The topological polar surface area (TPSA) is 72.5 Å². The van der Waals surface area contributed by atoms with E-state index >= 15 is 0 Å². The largest absolute Gasteiger partial charge is 0.496 e. The summed E-state index contributed by atoms with van der Waals surface area (Å²) in [6.45, 7) is 0. The van der Waals surface area contributed by atoms with Crippen LogP contribution in [-0.2, 0) is 4.79 Å². The van der Waals surface area contributed by atoms with Crippen molar-refractivity contribution >= 4 is 29.1 Å². The molecule has 1 aliphatic carbocycles. The molecule has 1 amide bonds. The zero-order valence-electron chi connectivity index (χ0n) is 10.6. The molecule has 0 aromatic heterocycles. The van der Waals surface area contributed by atoms with Gasteiger partial charge in [-0.15, -0.1) is 0 Å². The number of nitrogens with one attached hydrogen (secondary N) is 1. The Morgan fingerprint density at radius 1 is 1.29 bits per heavy atom. The van der Waals surface area contributed by atoms with E-state index in [1.165, 1.54) is 25.3 Å². The van der Waals surface area contributed by atoms with Crippen molar-refractivity contribution in [3.8, 4) is 5.75 Å². The highest BCUT2D eigenvalue weighted by Crippen LogP contribution is 2.33. The van der Waals surface area contributed by atoms with Crippen molar-refractivity contribution in [2.45, 2.75) is 6.43 Å². The van der Waals surface area contributed by atoms with Gasteiger partial charge in [-0.05, 0) is 12.1 Å². The van der Waals surface area contributed by atoms with E-state index in [0.29, 0.717) is 0 Å². The van der Waals surface area contributed by atoms with E-state index in [2.05, 4.69) is 0 Å². The zero-order chi connectivity index (χ0) is 15.7. The van der Waals surface area contributed by atoms with Crippen molar-refractivity contribution < 1.29 is 27.9 Å². The van der Waals surface area contributed by atoms with Gasteiger partial charge in [0.05, 0.1) is 12.7 Å². The van der Waals surface area contributed by atoms with E-state index < -0.39 is 34.6 Å². The summed E-state index contributed by atoms with van der Waals surface area (Å²) < 4.78 is 29.5. The molecule has 1 aromatic rings. The standard InChI is InChI=1S/C13H8ClF2NO4/c1-21-6-4-2-3-5-7(6)11(19)8(14)9(10(5)18)17-13(20)12(15)16/h2-4,12H,1H3,(H,17,20). The van der Waals surface area contributed by atoms with Crippen molar-refractivity contribution in [3.05, 3.63) is 40.1 Å². The van der Waals surface area contributed by atoms with E-state index in [9.17, 15) is 23.2 Å². The van der Waals surface area contributed by atoms with Crippen LogP contribution >= 0.6 is 11.6 Å². The molecule has 0 spiro atoms. The monoisotopic (exact) mass is 315 g/mol. The number of amides is 1. The molecule has 2 rings (SSSR count). The first kappa shape index (κ1) is 15.1. The van der Waals surface area contributed by atoms with E-state index in [1.807, 2.05) is 0 Å². The summed E-state index contributed by atoms with van der Waals surface area (Å²) in [5, 5.41) is 1.04. The number of hydrogen-bond acceptors (Lipinski definition) is 4. The number of carbonyl (C=O) groups is 3. The van der Waals surface area contributed by atoms with Gasteiger partial charge < -0.3 is 10.1 Å². The third kappa shape index (κ3) is 2.52. The van der Waals surface area contributed by atoms with Crippen molar-refractivity contribution in [3.63, 3.8) is 0 Å². The maximum absolute atomic E-state index is 12.3. The second-order valence-electron chi connectivity index (χ2n) is 4.02. The second-order valence-corrected chi connectivity index (χ2v) is 4.40. The van der Waals surface area contributed by atoms with Gasteiger partial charge in [0.1, 0.15) is 16.5 Å². The predicted molar refractivity (Wildman–Crippen MR) is 68.7 cm³/mol. The fourth-order valence-electron chi connectivity index (χ4n) is 1.87. The molecular weight excluding hydrogens is 308 g/mol. The zero-order valence-corrected chi connectivity index (χ0v) is 11.3. The highest BCUT2D eigenvalue weighted by molar-refractivity contribution is 6.50. The Labute approximate surface area is 122 Å². The molecule has 21 heavy (non-hydrogen) atoms. The van der Waals surface area contributed by atoms with Crippen LogP contribution in [0.4, 0.5) is 8.78 Å². The third-order valence-electron chi connectivity index (χ3n) is 2.81. The third-order valence-corrected chi connectivity index (χ3v) is 3.17. The second kappa shape index (κ2) is 5.61. The molecule has 5 nitrogen and oxygen atoms in total. The number of halogens is 3. The molecular formula is C13H8ClF2NO4. The number of methoxy groups -OCH3 is 1. The number of rotatable bonds is 3. The van der Waals surface area contributed by atoms with E-state index in [-0.39, 0.29) is 16.9 Å². The van der Waals surface area contributed by atoms with Gasteiger partial charge in [0.25, 0.3) is 5.91 Å². The van der Waals surface area contributed by atoms with Gasteiger partial charge in [-0.1, -0.05) is 17.7 Å². The van der Waals surface area contributed by atoms with Gasteiger partial charge in [0.15, 0.2) is 0 Å². The van der Waals surface area contributed by atoms with Crippen LogP contribution in [0.2, 0.25) is 0 Å². The summed E-state index contributed by atoms with van der Waals surface area (Å²) in [5.41, 5.74) is -0.800. The lowest BCUT2D eigenvalue weighted by molar-refractivity contribution is -0.130. The Bertz CT molecular complexity index is 685. The lowest BCUT2D eigenvalue weighted by atomic mass is 9.91. The minimum Gasteiger partial charge on any atom is -0.496 e. The minimum atomic E-state index is -3.34. The quantitative estimate of drug-likeness (QED) is 0.924. The Morgan fingerprint density at radius 2 is 1.95 bits per heavy atom. The maximum atomic E-state index is 12.3. The summed E-state index contributed by atoms with van der Waals surface area (Å²) in [5.74, 6) is -3.20. The lowest BCUT2D eigenvalue weighted by Crippen LogP contribution is -2.36. The average molecular weight is 316 g/mol. The van der Waals surface area contributed by atoms with Crippen molar-refractivity contribution in [1.82, 2.24) is 5.32 Å². The summed E-state index contributed by atoms with van der Waals surface area (Å²) >= 11 is 5.73. The van der Waals surface area contributed by atoms with E-state index in [0.717, 1.165) is 0 Å². The van der Waals surface area contributed by atoms with Crippen LogP contribution in [0.15, 0.2) is 28.9 Å². The normalized spacial score (nSPS) is 14.3. The number of carbonyl (C=O) groups excluding carboxylic acids is 3. The first-order chi connectivity index (χ1) is 9.88. The molecule has 1 aromatic carbocycles. The van der Waals surface area contributed by atoms with Crippen molar-refractivity contribution in [2.75, 3.05) is 7.11 Å². The number of alkyl halides is 2. The fourth-order valence-corrected chi connectivity index (χ4v) is 2.10. The summed E-state index contributed by atoms with van der Waals surface area (Å²) in [6, 6.07) is 4.22. The molecule has 0 saturated carbocycles. The number of hydrogen-bond donors (Lipinski definition) is 1. The van der Waals surface area contributed by atoms with Crippen LogP contribution in [-0.4, -0.2) is 31.0 Å². The number of fused-ring (bicyclic) bond motifs is 1. The molecule has 0 saturated heterocycles. The molecule has 0 unspecified atom stereocenters. The molecule has 0 radical (unpaired) electrons. The predicted octanol–water partition coefficient (Wildman–Crippen LogP) is 1.91. The smallest absolute Gasteiger partial charge is 0.315 e. The highest BCUT2D eigenvalue weighted by Gasteiger charge is 2.35. The van der Waals surface area contributed by atoms with Crippen LogP contribution < -0.4 is 10.1 Å². The Morgan fingerprint density at radius 3 is 2.52 bits per heavy atom. The Hall–Kier alpha value is -2.28. The Balaban J connectivity index is 2.53. The van der Waals surface area contributed by atoms with Crippen LogP contribution in [0, 0.1) is 0 Å². The molecule has 1 N–H and O–H groups in total. The van der Waals surface area contributed by atoms with Crippen LogP contribution in [0.5, 0.6) is 5.75 Å². The molecule has 110 valence electrons. The van der Waals surface area contributed by atoms with Gasteiger partial charge >= 0.3 is 6.43 Å². The van der Waals surface area contributed by atoms with Crippen LogP contribution in [0.25, 0.3) is 0 Å². The number of benzene rings is 1. The number of ether oxygens (including phenoxy) is 1. The highest BCUT2D eigenvalue weighted by atomic mass is 35.5. The van der Waals surface area contributed by atoms with Crippen LogP contribution in [0.1, 0.15) is 20.7 Å². The average Bonchev–Trinajstić information content (AvgIpc) is 2.48.